The van der Waals surface area contributed by atoms with Gasteiger partial charge in [0.15, 0.2) is 5.75 Å². The molecule has 26 heavy (non-hydrogen) atoms. The Balaban J connectivity index is 2.56. The Bertz CT molecular complexity index is 796. The number of aromatic nitrogens is 1. The van der Waals surface area contributed by atoms with Gasteiger partial charge in [0.05, 0.1) is 5.69 Å². The summed E-state index contributed by atoms with van der Waals surface area (Å²) >= 11 is 9.93. The molecule has 0 radical (unpaired) electrons. The smallest absolute Gasteiger partial charge is 0.408 e. The molecule has 0 unspecified atom stereocenters. The maximum atomic E-state index is 12.8. The first-order chi connectivity index (χ1) is 12.1. The van der Waals surface area contributed by atoms with E-state index in [1.807, 2.05) is 58.9 Å². The van der Waals surface area contributed by atoms with Crippen LogP contribution in [0, 0.1) is 13.8 Å². The van der Waals surface area contributed by atoms with Gasteiger partial charge in [0.1, 0.15) is 5.02 Å². The van der Waals surface area contributed by atoms with Crippen molar-refractivity contribution in [1.82, 2.24) is 9.88 Å². The van der Waals surface area contributed by atoms with Gasteiger partial charge >= 0.3 is 6.09 Å². The van der Waals surface area contributed by atoms with Crippen molar-refractivity contribution in [3.63, 3.8) is 0 Å². The van der Waals surface area contributed by atoms with Gasteiger partial charge in [0, 0.05) is 27.8 Å². The topological polar surface area (TPSA) is 42.4 Å². The molecule has 6 heteroatoms. The number of aryl methyl sites for hydroxylation is 2. The third kappa shape index (κ3) is 4.38. The number of ether oxygens (including phenoxy) is 1. The van der Waals surface area contributed by atoms with E-state index < -0.39 is 6.09 Å². The molecular formula is C20H24BrClN2O2. The molecule has 140 valence electrons. The Morgan fingerprint density at radius 3 is 2.12 bits per heavy atom. The first-order valence-corrected chi connectivity index (χ1v) is 9.73. The average Bonchev–Trinajstić information content (AvgIpc) is 2.53. The summed E-state index contributed by atoms with van der Waals surface area (Å²) < 4.78 is 6.78. The van der Waals surface area contributed by atoms with Crippen LogP contribution in [0.3, 0.4) is 0 Å². The summed E-state index contributed by atoms with van der Waals surface area (Å²) in [5, 5.41) is 0.356. The first kappa shape index (κ1) is 20.7. The Hall–Kier alpha value is -1.59. The monoisotopic (exact) mass is 438 g/mol. The molecule has 0 aliphatic carbocycles. The molecule has 0 atom stereocenters. The number of halogens is 2. The Labute approximate surface area is 168 Å². The van der Waals surface area contributed by atoms with Gasteiger partial charge in [-0.05, 0) is 59.2 Å². The molecule has 4 nitrogen and oxygen atoms in total. The Morgan fingerprint density at radius 2 is 1.62 bits per heavy atom. The van der Waals surface area contributed by atoms with E-state index in [4.69, 9.17) is 16.3 Å². The van der Waals surface area contributed by atoms with Crippen molar-refractivity contribution in [2.24, 2.45) is 0 Å². The number of benzene rings is 1. The lowest BCUT2D eigenvalue weighted by Gasteiger charge is -2.30. The molecule has 1 amide bonds. The van der Waals surface area contributed by atoms with Gasteiger partial charge < -0.3 is 9.64 Å². The molecule has 2 rings (SSSR count). The van der Waals surface area contributed by atoms with Crippen LogP contribution in [0.4, 0.5) is 4.79 Å². The van der Waals surface area contributed by atoms with Crippen molar-refractivity contribution in [3.05, 3.63) is 45.1 Å². The molecule has 0 N–H and O–H groups in total. The summed E-state index contributed by atoms with van der Waals surface area (Å²) in [5.74, 6) is 0.357. The second-order valence-electron chi connectivity index (χ2n) is 6.77. The molecule has 1 aromatic carbocycles. The summed E-state index contributed by atoms with van der Waals surface area (Å²) in [4.78, 5) is 19.0. The molecular weight excluding hydrogens is 416 g/mol. The zero-order valence-electron chi connectivity index (χ0n) is 15.9. The van der Waals surface area contributed by atoms with E-state index in [1.54, 1.807) is 11.8 Å². The second-order valence-corrected chi connectivity index (χ2v) is 8.06. The minimum absolute atomic E-state index is 0.0152. The number of nitrogens with zero attached hydrogens (tertiary/aromatic N) is 2. The number of carbonyl (C=O) groups excluding carboxylic acids is 1. The van der Waals surface area contributed by atoms with Gasteiger partial charge in [-0.1, -0.05) is 39.7 Å². The lowest BCUT2D eigenvalue weighted by atomic mass is 10.0. The molecule has 0 fully saturated rings. The van der Waals surface area contributed by atoms with Crippen LogP contribution in [0.15, 0.2) is 28.7 Å². The fraction of sp³-hybridized carbons (Fsp3) is 0.400. The molecule has 0 saturated carbocycles. The third-order valence-electron chi connectivity index (χ3n) is 4.09. The van der Waals surface area contributed by atoms with Crippen LogP contribution < -0.4 is 4.74 Å². The zero-order valence-corrected chi connectivity index (χ0v) is 18.3. The van der Waals surface area contributed by atoms with E-state index in [0.29, 0.717) is 16.5 Å². The SMILES string of the molecule is Cc1nc(C)c(-c2ccc(Br)cc2)c(OC(=O)N(C(C)C)C(C)C)c1Cl. The molecule has 0 bridgehead atoms. The van der Waals surface area contributed by atoms with Crippen LogP contribution in [0.25, 0.3) is 11.1 Å². The number of hydrogen-bond donors (Lipinski definition) is 0. The van der Waals surface area contributed by atoms with Crippen molar-refractivity contribution in [2.45, 2.75) is 53.6 Å². The quantitative estimate of drug-likeness (QED) is 0.553. The van der Waals surface area contributed by atoms with E-state index in [9.17, 15) is 4.79 Å². The van der Waals surface area contributed by atoms with Crippen molar-refractivity contribution in [1.29, 1.82) is 0 Å². The highest BCUT2D eigenvalue weighted by atomic mass is 79.9. The summed E-state index contributed by atoms with van der Waals surface area (Å²) in [6.07, 6.45) is -0.416. The molecule has 2 aromatic rings. The van der Waals surface area contributed by atoms with Crippen molar-refractivity contribution in [3.8, 4) is 16.9 Å². The van der Waals surface area contributed by atoms with Gasteiger partial charge in [-0.2, -0.15) is 0 Å². The van der Waals surface area contributed by atoms with E-state index >= 15 is 0 Å². The van der Waals surface area contributed by atoms with Gasteiger partial charge in [0.2, 0.25) is 0 Å². The second kappa shape index (κ2) is 8.40. The predicted molar refractivity (Wildman–Crippen MR) is 110 cm³/mol. The third-order valence-corrected chi connectivity index (χ3v) is 5.06. The number of pyridine rings is 1. The molecule has 1 heterocycles. The van der Waals surface area contributed by atoms with E-state index in [1.165, 1.54) is 0 Å². The van der Waals surface area contributed by atoms with Gasteiger partial charge in [-0.3, -0.25) is 4.98 Å². The maximum absolute atomic E-state index is 12.8. The van der Waals surface area contributed by atoms with E-state index in [2.05, 4.69) is 20.9 Å². The Morgan fingerprint density at radius 1 is 1.08 bits per heavy atom. The van der Waals surface area contributed by atoms with Crippen LogP contribution in [0.2, 0.25) is 5.02 Å². The molecule has 0 spiro atoms. The predicted octanol–water partition coefficient (Wildman–Crippen LogP) is 6.40. The minimum Gasteiger partial charge on any atom is -0.408 e. The number of amides is 1. The lowest BCUT2D eigenvalue weighted by molar-refractivity contribution is 0.123. The van der Waals surface area contributed by atoms with Crippen LogP contribution in [0.1, 0.15) is 39.1 Å². The van der Waals surface area contributed by atoms with E-state index in [-0.39, 0.29) is 12.1 Å². The summed E-state index contributed by atoms with van der Waals surface area (Å²) in [6.45, 7) is 11.5. The molecule has 1 aromatic heterocycles. The van der Waals surface area contributed by atoms with Crippen molar-refractivity contribution in [2.75, 3.05) is 0 Å². The van der Waals surface area contributed by atoms with Crippen LogP contribution in [0.5, 0.6) is 5.75 Å². The lowest BCUT2D eigenvalue weighted by Crippen LogP contribution is -2.43. The van der Waals surface area contributed by atoms with Crippen LogP contribution in [-0.4, -0.2) is 28.1 Å². The fourth-order valence-corrected chi connectivity index (χ4v) is 3.44. The highest BCUT2D eigenvalue weighted by Gasteiger charge is 2.26. The normalized spacial score (nSPS) is 11.2. The highest BCUT2D eigenvalue weighted by molar-refractivity contribution is 9.10. The average molecular weight is 440 g/mol. The largest absolute Gasteiger partial charge is 0.415 e. The highest BCUT2D eigenvalue weighted by Crippen LogP contribution is 2.40. The molecule has 0 saturated heterocycles. The number of carbonyl (C=O) groups is 1. The minimum atomic E-state index is -0.416. The van der Waals surface area contributed by atoms with Crippen LogP contribution in [-0.2, 0) is 0 Å². The van der Waals surface area contributed by atoms with Crippen molar-refractivity contribution >= 4 is 33.6 Å². The molecule has 0 aliphatic rings. The summed E-state index contributed by atoms with van der Waals surface area (Å²) in [5.41, 5.74) is 3.02. The zero-order chi connectivity index (χ0) is 19.6. The molecule has 0 aliphatic heterocycles. The van der Waals surface area contributed by atoms with Gasteiger partial charge in [-0.15, -0.1) is 0 Å². The summed E-state index contributed by atoms with van der Waals surface area (Å²) in [6, 6.07) is 7.79. The summed E-state index contributed by atoms with van der Waals surface area (Å²) in [7, 11) is 0. The Kier molecular flexibility index (Phi) is 6.69. The van der Waals surface area contributed by atoms with Gasteiger partial charge in [0.25, 0.3) is 0 Å². The first-order valence-electron chi connectivity index (χ1n) is 8.56. The maximum Gasteiger partial charge on any atom is 0.415 e. The number of hydrogen-bond acceptors (Lipinski definition) is 3. The van der Waals surface area contributed by atoms with Gasteiger partial charge in [-0.25, -0.2) is 4.79 Å². The fourth-order valence-electron chi connectivity index (χ4n) is 3.01. The van der Waals surface area contributed by atoms with Crippen LogP contribution >= 0.6 is 27.5 Å². The standard InChI is InChI=1S/C20H24BrClN2O2/c1-11(2)24(12(3)4)20(25)26-19-17(13(5)23-14(6)18(19)22)15-7-9-16(21)10-8-15/h7-12H,1-6H3. The number of rotatable bonds is 4. The van der Waals surface area contributed by atoms with Crippen molar-refractivity contribution < 1.29 is 9.53 Å². The van der Waals surface area contributed by atoms with E-state index in [0.717, 1.165) is 21.3 Å².